The number of thiazole rings is 1. The standard InChI is InChI=1S/C23H13FN4O2S2/c24-15-8-3-1-6-13(15)12-27-16-9-4-2-7-14(16)18(21(27)29)19-22(30)28-23(32-19)25-20(26-28)17-10-5-11-31-17/h1-11H,12H2. The lowest BCUT2D eigenvalue weighted by molar-refractivity contribution is -0.113. The van der Waals surface area contributed by atoms with Gasteiger partial charge in [-0.3, -0.25) is 9.59 Å². The topological polar surface area (TPSA) is 67.6 Å². The van der Waals surface area contributed by atoms with Gasteiger partial charge in [0.2, 0.25) is 4.96 Å². The predicted octanol–water partition coefficient (Wildman–Crippen LogP) is 3.48. The van der Waals surface area contributed by atoms with E-state index in [0.717, 1.165) is 16.2 Å². The number of rotatable bonds is 3. The van der Waals surface area contributed by atoms with Crippen molar-refractivity contribution in [2.24, 2.45) is 0 Å². The van der Waals surface area contributed by atoms with E-state index in [0.29, 0.717) is 33.2 Å². The van der Waals surface area contributed by atoms with Gasteiger partial charge in [0.05, 0.1) is 22.7 Å². The summed E-state index contributed by atoms with van der Waals surface area (Å²) in [7, 11) is 0. The maximum atomic E-state index is 14.3. The zero-order valence-corrected chi connectivity index (χ0v) is 18.0. The molecule has 0 N–H and O–H groups in total. The van der Waals surface area contributed by atoms with Crippen LogP contribution in [0.4, 0.5) is 10.1 Å². The van der Waals surface area contributed by atoms with Crippen LogP contribution in [0.5, 0.6) is 0 Å². The third-order valence-electron chi connectivity index (χ3n) is 5.34. The zero-order chi connectivity index (χ0) is 21.8. The van der Waals surface area contributed by atoms with Gasteiger partial charge in [-0.2, -0.15) is 9.50 Å². The molecule has 0 aliphatic carbocycles. The molecule has 6 nitrogen and oxygen atoms in total. The molecule has 2 aromatic carbocycles. The minimum Gasteiger partial charge on any atom is -0.303 e. The van der Waals surface area contributed by atoms with Crippen molar-refractivity contribution in [3.63, 3.8) is 0 Å². The van der Waals surface area contributed by atoms with Crippen LogP contribution in [0.3, 0.4) is 0 Å². The van der Waals surface area contributed by atoms with E-state index < -0.39 is 0 Å². The second kappa shape index (κ2) is 7.18. The number of benzene rings is 2. The van der Waals surface area contributed by atoms with Crippen molar-refractivity contribution < 1.29 is 9.18 Å². The molecule has 0 spiro atoms. The van der Waals surface area contributed by atoms with Gasteiger partial charge < -0.3 is 4.90 Å². The van der Waals surface area contributed by atoms with Gasteiger partial charge in [-0.05, 0) is 23.6 Å². The van der Waals surface area contributed by atoms with Crippen molar-refractivity contribution in [2.75, 3.05) is 4.90 Å². The van der Waals surface area contributed by atoms with Crippen molar-refractivity contribution in [3.8, 4) is 10.7 Å². The summed E-state index contributed by atoms with van der Waals surface area (Å²) in [6.45, 7) is 0.0729. The maximum absolute atomic E-state index is 14.3. The fraction of sp³-hybridized carbons (Fsp3) is 0.0435. The van der Waals surface area contributed by atoms with Crippen molar-refractivity contribution in [1.82, 2.24) is 14.6 Å². The van der Waals surface area contributed by atoms with Crippen LogP contribution in [0.15, 0.2) is 70.8 Å². The van der Waals surface area contributed by atoms with E-state index in [-0.39, 0.29) is 28.4 Å². The largest absolute Gasteiger partial charge is 0.303 e. The SMILES string of the molecule is O=C1C(=c2sc3nc(-c4cccs4)nn3c2=O)c2ccccc2N1Cc1ccccc1F. The number of amides is 1. The number of hydrogen-bond donors (Lipinski definition) is 0. The Labute approximate surface area is 188 Å². The molecule has 0 fully saturated rings. The minimum atomic E-state index is -0.383. The second-order valence-corrected chi connectivity index (χ2v) is 9.14. The van der Waals surface area contributed by atoms with Gasteiger partial charge in [-0.15, -0.1) is 16.4 Å². The first kappa shape index (κ1) is 19.0. The molecule has 4 heterocycles. The third-order valence-corrected chi connectivity index (χ3v) is 7.23. The lowest BCUT2D eigenvalue weighted by Crippen LogP contribution is -2.32. The van der Waals surface area contributed by atoms with Crippen molar-refractivity contribution >= 4 is 44.8 Å². The van der Waals surface area contributed by atoms with E-state index in [1.165, 1.54) is 26.8 Å². The fourth-order valence-electron chi connectivity index (χ4n) is 3.85. The highest BCUT2D eigenvalue weighted by Gasteiger charge is 2.34. The molecule has 9 heteroatoms. The Bertz CT molecular complexity index is 1620. The Morgan fingerprint density at radius 2 is 1.78 bits per heavy atom. The zero-order valence-electron chi connectivity index (χ0n) is 16.4. The molecule has 6 rings (SSSR count). The van der Waals surface area contributed by atoms with E-state index in [9.17, 15) is 14.0 Å². The molecule has 1 amide bonds. The monoisotopic (exact) mass is 460 g/mol. The van der Waals surface area contributed by atoms with Gasteiger partial charge in [0.1, 0.15) is 10.3 Å². The van der Waals surface area contributed by atoms with Crippen LogP contribution >= 0.6 is 22.7 Å². The molecule has 1 aliphatic rings. The normalized spacial score (nSPS) is 15.0. The Hall–Kier alpha value is -3.69. The first-order chi connectivity index (χ1) is 15.6. The number of para-hydroxylation sites is 1. The molecule has 0 radical (unpaired) electrons. The summed E-state index contributed by atoms with van der Waals surface area (Å²) in [5.74, 6) is -0.232. The number of nitrogens with zero attached hydrogens (tertiary/aromatic N) is 4. The fourth-order valence-corrected chi connectivity index (χ4v) is 5.50. The van der Waals surface area contributed by atoms with Crippen molar-refractivity contribution in [3.05, 3.63) is 97.9 Å². The number of carbonyl (C=O) groups excluding carboxylic acids is 1. The summed E-state index contributed by atoms with van der Waals surface area (Å²) >= 11 is 2.63. The molecule has 0 saturated heterocycles. The van der Waals surface area contributed by atoms with E-state index in [1.807, 2.05) is 29.6 Å². The Kier molecular flexibility index (Phi) is 4.27. The maximum Gasteiger partial charge on any atom is 0.291 e. The predicted molar refractivity (Wildman–Crippen MR) is 122 cm³/mol. The number of anilines is 1. The van der Waals surface area contributed by atoms with E-state index in [4.69, 9.17) is 0 Å². The van der Waals surface area contributed by atoms with Gasteiger partial charge in [-0.1, -0.05) is 53.8 Å². The van der Waals surface area contributed by atoms with Crippen LogP contribution in [-0.2, 0) is 11.3 Å². The molecule has 5 aromatic rings. The van der Waals surface area contributed by atoms with Gasteiger partial charge in [0, 0.05) is 11.1 Å². The molecule has 0 atom stereocenters. The second-order valence-electron chi connectivity index (χ2n) is 7.22. The molecule has 3 aromatic heterocycles. The molecular formula is C23H13FN4O2S2. The van der Waals surface area contributed by atoms with Crippen molar-refractivity contribution in [2.45, 2.75) is 6.54 Å². The van der Waals surface area contributed by atoms with Crippen LogP contribution in [0.25, 0.3) is 21.2 Å². The highest BCUT2D eigenvalue weighted by Crippen LogP contribution is 2.36. The van der Waals surface area contributed by atoms with Gasteiger partial charge >= 0.3 is 0 Å². The van der Waals surface area contributed by atoms with Gasteiger partial charge in [0.15, 0.2) is 5.82 Å². The highest BCUT2D eigenvalue weighted by molar-refractivity contribution is 7.15. The highest BCUT2D eigenvalue weighted by atomic mass is 32.1. The van der Waals surface area contributed by atoms with Gasteiger partial charge in [-0.25, -0.2) is 4.39 Å². The van der Waals surface area contributed by atoms with Crippen LogP contribution in [0.2, 0.25) is 0 Å². The number of thiophene rings is 1. The minimum absolute atomic E-state index is 0.0729. The quantitative estimate of drug-likeness (QED) is 0.414. The molecular weight excluding hydrogens is 447 g/mol. The molecule has 32 heavy (non-hydrogen) atoms. The molecule has 156 valence electrons. The molecule has 0 bridgehead atoms. The summed E-state index contributed by atoms with van der Waals surface area (Å²) in [6.07, 6.45) is 0. The summed E-state index contributed by atoms with van der Waals surface area (Å²) < 4.78 is 15.8. The lowest BCUT2D eigenvalue weighted by Gasteiger charge is -2.17. The number of fused-ring (bicyclic) bond motifs is 2. The lowest BCUT2D eigenvalue weighted by atomic mass is 10.1. The summed E-state index contributed by atoms with van der Waals surface area (Å²) in [4.78, 5) is 34.0. The number of carbonyl (C=O) groups is 1. The third kappa shape index (κ3) is 2.82. The molecule has 1 aliphatic heterocycles. The van der Waals surface area contributed by atoms with E-state index >= 15 is 0 Å². The van der Waals surface area contributed by atoms with Crippen molar-refractivity contribution in [1.29, 1.82) is 0 Å². The molecule has 0 unspecified atom stereocenters. The first-order valence-electron chi connectivity index (χ1n) is 9.74. The van der Waals surface area contributed by atoms with Crippen LogP contribution in [0.1, 0.15) is 11.1 Å². The number of hydrogen-bond acceptors (Lipinski definition) is 6. The Balaban J connectivity index is 1.52. The Morgan fingerprint density at radius 3 is 2.56 bits per heavy atom. The average molecular weight is 461 g/mol. The number of halogens is 1. The number of aromatic nitrogens is 3. The average Bonchev–Trinajstić information content (AvgIpc) is 3.56. The van der Waals surface area contributed by atoms with Crippen LogP contribution < -0.4 is 15.0 Å². The molecule has 0 saturated carbocycles. The smallest absolute Gasteiger partial charge is 0.291 e. The van der Waals surface area contributed by atoms with Gasteiger partial charge in [0.25, 0.3) is 11.5 Å². The van der Waals surface area contributed by atoms with E-state index in [2.05, 4.69) is 10.1 Å². The van der Waals surface area contributed by atoms with Crippen LogP contribution in [-0.4, -0.2) is 20.5 Å². The first-order valence-corrected chi connectivity index (χ1v) is 11.4. The Morgan fingerprint density at radius 1 is 0.969 bits per heavy atom. The van der Waals surface area contributed by atoms with E-state index in [1.54, 1.807) is 30.3 Å². The van der Waals surface area contributed by atoms with Crippen LogP contribution in [0, 0.1) is 5.82 Å². The summed E-state index contributed by atoms with van der Waals surface area (Å²) in [6, 6.07) is 17.4. The summed E-state index contributed by atoms with van der Waals surface area (Å²) in [5, 5.41) is 6.27. The summed E-state index contributed by atoms with van der Waals surface area (Å²) in [5.41, 5.74) is 1.62.